The summed E-state index contributed by atoms with van der Waals surface area (Å²) in [5, 5.41) is 3.70. The second kappa shape index (κ2) is 10.7. The molecular formula is C21H43NO. The Kier molecular flexibility index (Phi) is 9.77. The van der Waals surface area contributed by atoms with Crippen molar-refractivity contribution >= 4 is 0 Å². The maximum absolute atomic E-state index is 6.07. The van der Waals surface area contributed by atoms with Gasteiger partial charge in [-0.05, 0) is 51.9 Å². The Hall–Kier alpha value is -0.0800. The average Bonchev–Trinajstić information content (AvgIpc) is 2.46. The summed E-state index contributed by atoms with van der Waals surface area (Å²) >= 11 is 0. The Morgan fingerprint density at radius 3 is 2.26 bits per heavy atom. The molecule has 0 aliphatic carbocycles. The molecule has 0 bridgehead atoms. The summed E-state index contributed by atoms with van der Waals surface area (Å²) in [5.41, 5.74) is -0.00841. The summed E-state index contributed by atoms with van der Waals surface area (Å²) in [7, 11) is 0. The van der Waals surface area contributed by atoms with E-state index in [0.717, 1.165) is 24.4 Å². The molecular weight excluding hydrogens is 282 g/mol. The normalized spacial score (nSPS) is 24.1. The lowest BCUT2D eigenvalue weighted by atomic mass is 9.88. The van der Waals surface area contributed by atoms with Crippen LogP contribution in [0.5, 0.6) is 0 Å². The fourth-order valence-corrected chi connectivity index (χ4v) is 3.90. The van der Waals surface area contributed by atoms with Crippen molar-refractivity contribution in [2.24, 2.45) is 11.8 Å². The maximum Gasteiger partial charge on any atom is 0.0707 e. The predicted molar refractivity (Wildman–Crippen MR) is 102 cm³/mol. The largest absolute Gasteiger partial charge is 0.371 e. The Morgan fingerprint density at radius 2 is 1.74 bits per heavy atom. The lowest BCUT2D eigenvalue weighted by Gasteiger charge is -2.34. The van der Waals surface area contributed by atoms with E-state index in [9.17, 15) is 0 Å². The van der Waals surface area contributed by atoms with Gasteiger partial charge in [-0.2, -0.15) is 0 Å². The molecule has 3 unspecified atom stereocenters. The van der Waals surface area contributed by atoms with Crippen molar-refractivity contribution < 1.29 is 4.74 Å². The fourth-order valence-electron chi connectivity index (χ4n) is 3.90. The molecule has 138 valence electrons. The lowest BCUT2D eigenvalue weighted by Crippen LogP contribution is -2.45. The van der Waals surface area contributed by atoms with Crippen LogP contribution in [0.3, 0.4) is 0 Å². The highest BCUT2D eigenvalue weighted by Crippen LogP contribution is 2.23. The fraction of sp³-hybridized carbons (Fsp3) is 1.00. The van der Waals surface area contributed by atoms with E-state index in [-0.39, 0.29) is 5.60 Å². The quantitative estimate of drug-likeness (QED) is 0.501. The summed E-state index contributed by atoms with van der Waals surface area (Å²) in [6, 6.07) is 0.730. The van der Waals surface area contributed by atoms with Crippen LogP contribution < -0.4 is 5.32 Å². The van der Waals surface area contributed by atoms with Crippen LogP contribution in [0.1, 0.15) is 99.3 Å². The SMILES string of the molecule is CCC(CCCCCCC1CCC(OC(C)(C)C)CN1)C(C)C. The standard InChI is InChI=1S/C21H43NO/c1-7-18(17(2)3)12-10-8-9-11-13-19-14-15-20(16-22-19)23-21(4,5)6/h17-20,22H,7-16H2,1-6H3. The van der Waals surface area contributed by atoms with Gasteiger partial charge in [0.25, 0.3) is 0 Å². The van der Waals surface area contributed by atoms with E-state index >= 15 is 0 Å². The van der Waals surface area contributed by atoms with Crippen LogP contribution >= 0.6 is 0 Å². The van der Waals surface area contributed by atoms with E-state index in [1.54, 1.807) is 0 Å². The first-order valence-corrected chi connectivity index (χ1v) is 10.2. The van der Waals surface area contributed by atoms with Crippen LogP contribution in [0.4, 0.5) is 0 Å². The van der Waals surface area contributed by atoms with Gasteiger partial charge in [0.05, 0.1) is 11.7 Å². The number of hydrogen-bond donors (Lipinski definition) is 1. The highest BCUT2D eigenvalue weighted by atomic mass is 16.5. The zero-order chi connectivity index (χ0) is 17.3. The minimum absolute atomic E-state index is 0.00841. The number of unbranched alkanes of at least 4 members (excludes halogenated alkanes) is 3. The molecule has 1 N–H and O–H groups in total. The highest BCUT2D eigenvalue weighted by Gasteiger charge is 2.24. The van der Waals surface area contributed by atoms with E-state index < -0.39 is 0 Å². The topological polar surface area (TPSA) is 21.3 Å². The molecule has 1 heterocycles. The Balaban J connectivity index is 2.01. The van der Waals surface area contributed by atoms with Gasteiger partial charge in [0.15, 0.2) is 0 Å². The van der Waals surface area contributed by atoms with E-state index in [2.05, 4.69) is 46.9 Å². The van der Waals surface area contributed by atoms with Crippen LogP contribution in [0.15, 0.2) is 0 Å². The van der Waals surface area contributed by atoms with Gasteiger partial charge >= 0.3 is 0 Å². The molecule has 0 saturated carbocycles. The number of ether oxygens (including phenoxy) is 1. The molecule has 1 aliphatic heterocycles. The smallest absolute Gasteiger partial charge is 0.0707 e. The lowest BCUT2D eigenvalue weighted by molar-refractivity contribution is -0.0712. The first-order valence-electron chi connectivity index (χ1n) is 10.2. The second-order valence-electron chi connectivity index (χ2n) is 8.94. The third-order valence-electron chi connectivity index (χ3n) is 5.34. The highest BCUT2D eigenvalue weighted by molar-refractivity contribution is 4.80. The van der Waals surface area contributed by atoms with E-state index in [1.807, 2.05) is 0 Å². The second-order valence-corrected chi connectivity index (χ2v) is 8.94. The number of nitrogens with one attached hydrogen (secondary N) is 1. The van der Waals surface area contributed by atoms with Gasteiger partial charge in [0.2, 0.25) is 0 Å². The number of rotatable bonds is 10. The van der Waals surface area contributed by atoms with E-state index in [4.69, 9.17) is 4.74 Å². The number of piperidine rings is 1. The molecule has 0 radical (unpaired) electrons. The van der Waals surface area contributed by atoms with Gasteiger partial charge in [-0.1, -0.05) is 59.3 Å². The van der Waals surface area contributed by atoms with Crippen LogP contribution in [-0.2, 0) is 4.74 Å². The summed E-state index contributed by atoms with van der Waals surface area (Å²) < 4.78 is 6.07. The van der Waals surface area contributed by atoms with Crippen molar-refractivity contribution in [1.82, 2.24) is 5.32 Å². The van der Waals surface area contributed by atoms with Gasteiger partial charge in [0.1, 0.15) is 0 Å². The third kappa shape index (κ3) is 9.72. The Labute approximate surface area is 146 Å². The zero-order valence-corrected chi connectivity index (χ0v) is 16.8. The molecule has 0 spiro atoms. The summed E-state index contributed by atoms with van der Waals surface area (Å²) in [5.74, 6) is 1.80. The van der Waals surface area contributed by atoms with E-state index in [1.165, 1.54) is 57.8 Å². The first-order chi connectivity index (χ1) is 10.8. The predicted octanol–water partition coefficient (Wildman–Crippen LogP) is 5.94. The molecule has 0 aromatic heterocycles. The van der Waals surface area contributed by atoms with Gasteiger partial charge in [0, 0.05) is 12.6 Å². The van der Waals surface area contributed by atoms with Crippen molar-refractivity contribution in [3.63, 3.8) is 0 Å². The van der Waals surface area contributed by atoms with Gasteiger partial charge < -0.3 is 10.1 Å². The molecule has 1 aliphatic rings. The molecule has 0 aromatic carbocycles. The molecule has 1 fully saturated rings. The molecule has 2 nitrogen and oxygen atoms in total. The van der Waals surface area contributed by atoms with Crippen LogP contribution in [-0.4, -0.2) is 24.3 Å². The van der Waals surface area contributed by atoms with Crippen molar-refractivity contribution in [3.8, 4) is 0 Å². The molecule has 1 rings (SSSR count). The minimum atomic E-state index is -0.00841. The van der Waals surface area contributed by atoms with Crippen molar-refractivity contribution in [2.75, 3.05) is 6.54 Å². The van der Waals surface area contributed by atoms with Crippen LogP contribution in [0.2, 0.25) is 0 Å². The Bertz CT molecular complexity index is 287. The summed E-state index contributed by atoms with van der Waals surface area (Å²) in [6.07, 6.45) is 12.7. The molecule has 0 aromatic rings. The minimum Gasteiger partial charge on any atom is -0.371 e. The van der Waals surface area contributed by atoms with E-state index in [0.29, 0.717) is 6.10 Å². The zero-order valence-electron chi connectivity index (χ0n) is 16.8. The van der Waals surface area contributed by atoms with Gasteiger partial charge in [-0.15, -0.1) is 0 Å². The summed E-state index contributed by atoms with van der Waals surface area (Å²) in [4.78, 5) is 0. The van der Waals surface area contributed by atoms with Gasteiger partial charge in [-0.3, -0.25) is 0 Å². The van der Waals surface area contributed by atoms with Crippen molar-refractivity contribution in [1.29, 1.82) is 0 Å². The molecule has 23 heavy (non-hydrogen) atoms. The Morgan fingerprint density at radius 1 is 1.04 bits per heavy atom. The number of hydrogen-bond acceptors (Lipinski definition) is 2. The first kappa shape index (κ1) is 21.0. The van der Waals surface area contributed by atoms with Crippen LogP contribution in [0, 0.1) is 11.8 Å². The third-order valence-corrected chi connectivity index (χ3v) is 5.34. The molecule has 1 saturated heterocycles. The van der Waals surface area contributed by atoms with Gasteiger partial charge in [-0.25, -0.2) is 0 Å². The van der Waals surface area contributed by atoms with Crippen molar-refractivity contribution in [3.05, 3.63) is 0 Å². The average molecular weight is 326 g/mol. The molecule has 0 amide bonds. The monoisotopic (exact) mass is 325 g/mol. The maximum atomic E-state index is 6.07. The van der Waals surface area contributed by atoms with Crippen molar-refractivity contribution in [2.45, 2.75) is 117 Å². The van der Waals surface area contributed by atoms with Crippen LogP contribution in [0.25, 0.3) is 0 Å². The molecule has 3 atom stereocenters. The summed E-state index contributed by atoms with van der Waals surface area (Å²) in [6.45, 7) is 14.6. The molecule has 2 heteroatoms.